The zero-order valence-corrected chi connectivity index (χ0v) is 43.1. The summed E-state index contributed by atoms with van der Waals surface area (Å²) in [5.74, 6) is 0.129. The molecule has 4 aliphatic rings. The van der Waals surface area contributed by atoms with Crippen molar-refractivity contribution in [3.8, 4) is 0 Å². The standard InChI is InChI=1S/C18H26FN3O4S.C16H26O5S.C4H4FN3O.I3/c1-9(2)11-5-4-10(3)6-13(11)25-16(23)17-26-14(8-27-17)22-7-12(19)15(20)21-18(22)24;1-9(2)12-6-5-10(3)7-13(12)20-15(18)16-21-14(8-22-16)19-11(4)17;5-2-1-7-4(9)8-3(2)6;1-3-2/h7,9-11,13-14,17H,4-6,8H2,1-3H3,(H2,20,21,24);9-10,12-14,16H,5-8H2,1-4H3;1H,(H3,6,7,8,9);/q;;;-1/t10-,11?,13-,14+,17-;10-,12?,13-,14-,16-;;/m11../s1. The minimum atomic E-state index is -0.840. The van der Waals surface area contributed by atoms with Gasteiger partial charge in [-0.2, -0.15) is 9.97 Å². The van der Waals surface area contributed by atoms with Crippen LogP contribution in [-0.2, 0) is 38.1 Å². The second-order valence-corrected chi connectivity index (χ2v) is 34.3. The van der Waals surface area contributed by atoms with Crippen molar-refractivity contribution in [2.75, 3.05) is 23.0 Å². The zero-order valence-electron chi connectivity index (χ0n) is 35.0. The number of nitrogens with two attached hydrogens (primary N) is 2. The van der Waals surface area contributed by atoms with Crippen molar-refractivity contribution in [2.24, 2.45) is 35.5 Å². The van der Waals surface area contributed by atoms with E-state index in [2.05, 4.69) is 88.7 Å². The second kappa shape index (κ2) is 26.4. The fourth-order valence-electron chi connectivity index (χ4n) is 7.38. The van der Waals surface area contributed by atoms with Gasteiger partial charge in [-0.05, 0) is 61.2 Å². The predicted octanol–water partition coefficient (Wildman–Crippen LogP) is 3.79. The van der Waals surface area contributed by atoms with Gasteiger partial charge >= 0.3 is 79.8 Å². The van der Waals surface area contributed by atoms with Gasteiger partial charge in [0, 0.05) is 12.7 Å². The molecule has 4 heterocycles. The van der Waals surface area contributed by atoms with Gasteiger partial charge in [-0.1, -0.05) is 54.4 Å². The summed E-state index contributed by atoms with van der Waals surface area (Å²) in [4.78, 5) is 66.5. The van der Waals surface area contributed by atoms with Crippen molar-refractivity contribution in [3.63, 3.8) is 0 Å². The Bertz CT molecular complexity index is 1870. The van der Waals surface area contributed by atoms with Crippen molar-refractivity contribution in [1.29, 1.82) is 0 Å². The van der Waals surface area contributed by atoms with Crippen LogP contribution in [0.25, 0.3) is 0 Å². The van der Waals surface area contributed by atoms with Gasteiger partial charge in [0.1, 0.15) is 24.3 Å². The predicted molar refractivity (Wildman–Crippen MR) is 242 cm³/mol. The van der Waals surface area contributed by atoms with E-state index in [0.717, 1.165) is 49.1 Å². The van der Waals surface area contributed by atoms with E-state index in [0.29, 0.717) is 60.3 Å². The minimum absolute atomic E-state index is 0.0341. The molecule has 2 aromatic heterocycles. The van der Waals surface area contributed by atoms with Gasteiger partial charge in [0.25, 0.3) is 0 Å². The monoisotopic (exact) mass is 1240 g/mol. The van der Waals surface area contributed by atoms with Gasteiger partial charge in [0.05, 0.1) is 18.1 Å². The van der Waals surface area contributed by atoms with E-state index in [1.165, 1.54) is 36.9 Å². The number of nitrogen functional groups attached to an aromatic ring is 2. The summed E-state index contributed by atoms with van der Waals surface area (Å²) >= 11 is 7.86. The van der Waals surface area contributed by atoms with E-state index < -0.39 is 64.2 Å². The van der Waals surface area contributed by atoms with Gasteiger partial charge in [0.15, 0.2) is 17.5 Å². The SMILES string of the molecule is CC(=O)O[C@H]1CS[C@H](C(=O)O[C@@H]2C[C@H](C)CCC2C(C)C)O1.CC(C)C1CC[C@@H](C)C[C@H]1OC(=O)[C@@H]1O[C@H](n2cc(F)c(N)nc2=O)CS1.I[I-]I.Nc1[nH]c(=O)ncc1F. The van der Waals surface area contributed by atoms with E-state index >= 15 is 0 Å². The molecule has 346 valence electrons. The van der Waals surface area contributed by atoms with Gasteiger partial charge in [-0.25, -0.2) is 28.0 Å². The molecule has 2 aromatic rings. The summed E-state index contributed by atoms with van der Waals surface area (Å²) in [5.41, 5.74) is 7.36. The van der Waals surface area contributed by atoms with Crippen molar-refractivity contribution < 1.29 is 60.1 Å². The minimum Gasteiger partial charge on any atom is -0.383 e. The van der Waals surface area contributed by atoms with Gasteiger partial charge in [-0.3, -0.25) is 14.3 Å². The fourth-order valence-corrected chi connectivity index (χ4v) is 9.23. The Balaban J connectivity index is 0.000000260. The zero-order chi connectivity index (χ0) is 45.6. The number of anilines is 2. The molecule has 0 aromatic carbocycles. The number of thioether (sulfide) groups is 2. The van der Waals surface area contributed by atoms with Gasteiger partial charge in [0.2, 0.25) is 17.2 Å². The molecule has 0 bridgehead atoms. The molecule has 6 rings (SSSR count). The van der Waals surface area contributed by atoms with Gasteiger partial charge < -0.3 is 35.2 Å². The number of carbonyl (C=O) groups excluding carboxylic acids is 3. The summed E-state index contributed by atoms with van der Waals surface area (Å²) < 4.78 is 54.4. The molecule has 2 unspecified atom stereocenters. The Labute approximate surface area is 392 Å². The van der Waals surface area contributed by atoms with Crippen LogP contribution in [0.2, 0.25) is 0 Å². The summed E-state index contributed by atoms with van der Waals surface area (Å²) in [5, 5.41) is 0. The molecule has 5 N–H and O–H groups in total. The van der Waals surface area contributed by atoms with Crippen molar-refractivity contribution in [3.05, 3.63) is 45.0 Å². The topological polar surface area (TPSA) is 230 Å². The third-order valence-electron chi connectivity index (χ3n) is 10.5. The maximum atomic E-state index is 13.6. The first-order valence-electron chi connectivity index (χ1n) is 19.8. The molecule has 2 saturated carbocycles. The molecular formula is C38H56F2I3N6O10S2-. The normalized spacial score (nSPS) is 28.3. The van der Waals surface area contributed by atoms with E-state index in [4.69, 9.17) is 35.2 Å². The van der Waals surface area contributed by atoms with Crippen LogP contribution >= 0.6 is 60.8 Å². The maximum absolute atomic E-state index is 13.6. The van der Waals surface area contributed by atoms with E-state index in [-0.39, 0.29) is 24.0 Å². The number of aromatic amines is 1. The number of halogens is 5. The molecule has 23 heteroatoms. The molecule has 61 heavy (non-hydrogen) atoms. The quantitative estimate of drug-likeness (QED) is 0.194. The Morgan fingerprint density at radius 2 is 1.38 bits per heavy atom. The van der Waals surface area contributed by atoms with E-state index in [1.54, 1.807) is 0 Å². The molecule has 0 amide bonds. The van der Waals surface area contributed by atoms with Crippen LogP contribution in [0.4, 0.5) is 20.4 Å². The van der Waals surface area contributed by atoms with Crippen LogP contribution in [0.1, 0.15) is 93.2 Å². The Kier molecular flexibility index (Phi) is 23.3. The van der Waals surface area contributed by atoms with E-state index in [1.807, 2.05) is 4.98 Å². The second-order valence-electron chi connectivity index (χ2n) is 15.9. The van der Waals surface area contributed by atoms with Crippen molar-refractivity contribution in [1.82, 2.24) is 19.5 Å². The van der Waals surface area contributed by atoms with Crippen LogP contribution in [0, 0.1) is 47.1 Å². The van der Waals surface area contributed by atoms with Crippen LogP contribution in [0.3, 0.4) is 0 Å². The number of ether oxygens (including phenoxy) is 5. The number of nitrogens with one attached hydrogen (secondary N) is 1. The first kappa shape index (κ1) is 53.8. The molecule has 2 saturated heterocycles. The smallest absolute Gasteiger partial charge is 0.346 e. The van der Waals surface area contributed by atoms with Crippen LogP contribution < -0.4 is 36.1 Å². The molecule has 2 aliphatic heterocycles. The van der Waals surface area contributed by atoms with Crippen LogP contribution in [0.5, 0.6) is 0 Å². The first-order chi connectivity index (χ1) is 28.7. The molecular weight excluding hydrogens is 1180 g/mol. The largest absolute Gasteiger partial charge is 0.383 e. The third kappa shape index (κ3) is 17.4. The van der Waals surface area contributed by atoms with E-state index in [9.17, 15) is 32.8 Å². The summed E-state index contributed by atoms with van der Waals surface area (Å²) in [6, 6.07) is 0. The molecule has 10 atom stereocenters. The van der Waals surface area contributed by atoms with Crippen LogP contribution in [0.15, 0.2) is 22.0 Å². The average Bonchev–Trinajstić information content (AvgIpc) is 3.86. The number of aromatic nitrogens is 4. The Morgan fingerprint density at radius 1 is 0.869 bits per heavy atom. The molecule has 16 nitrogen and oxygen atoms in total. The molecule has 2 aliphatic carbocycles. The maximum Gasteiger partial charge on any atom is 0.346 e. The summed E-state index contributed by atoms with van der Waals surface area (Å²) in [6.07, 6.45) is 6.40. The Hall–Kier alpha value is -1.56. The summed E-state index contributed by atoms with van der Waals surface area (Å²) in [6.45, 7) is 14.4. The van der Waals surface area contributed by atoms with Gasteiger partial charge in [-0.15, -0.1) is 23.5 Å². The third-order valence-corrected chi connectivity index (χ3v) is 12.7. The molecule has 0 radical (unpaired) electrons. The molecule has 0 spiro atoms. The van der Waals surface area contributed by atoms with Crippen LogP contribution in [-0.4, -0.2) is 78.3 Å². The Morgan fingerprint density at radius 3 is 1.85 bits per heavy atom. The fraction of sp³-hybridized carbons (Fsp3) is 0.711. The number of hydrogen-bond acceptors (Lipinski definition) is 16. The van der Waals surface area contributed by atoms with Crippen molar-refractivity contribution >= 4 is 90.3 Å². The number of H-pyrrole nitrogens is 1. The number of nitrogens with zero attached hydrogens (tertiary/aromatic N) is 3. The first-order valence-corrected chi connectivity index (χ1v) is 34.4. The number of rotatable bonds is 8. The van der Waals surface area contributed by atoms with Crippen molar-refractivity contribution in [2.45, 2.75) is 123 Å². The average molecular weight is 1240 g/mol. The molecule has 4 fully saturated rings. The number of carbonyl (C=O) groups is 3. The number of esters is 3. The number of hydrogen-bond donors (Lipinski definition) is 3. The summed E-state index contributed by atoms with van der Waals surface area (Å²) in [7, 11) is 0.